The highest BCUT2D eigenvalue weighted by Gasteiger charge is 2.15. The van der Waals surface area contributed by atoms with Crippen LogP contribution in [0, 0.1) is 0 Å². The zero-order valence-electron chi connectivity index (χ0n) is 11.7. The van der Waals surface area contributed by atoms with Gasteiger partial charge in [0.05, 0.1) is 30.0 Å². The second-order valence-electron chi connectivity index (χ2n) is 5.03. The molecule has 4 nitrogen and oxygen atoms in total. The van der Waals surface area contributed by atoms with Gasteiger partial charge in [0, 0.05) is 11.9 Å². The van der Waals surface area contributed by atoms with Crippen molar-refractivity contribution in [3.8, 4) is 0 Å². The summed E-state index contributed by atoms with van der Waals surface area (Å²) in [7, 11) is 1.82. The van der Waals surface area contributed by atoms with Gasteiger partial charge in [-0.3, -0.25) is 4.79 Å². The molecule has 1 aromatic rings. The number of halogens is 1. The predicted molar refractivity (Wildman–Crippen MR) is 82.3 cm³/mol. The molecule has 0 aromatic carbocycles. The molecular formula is C14H21ClN2O2S. The van der Waals surface area contributed by atoms with Gasteiger partial charge in [-0.2, -0.15) is 0 Å². The lowest BCUT2D eigenvalue weighted by molar-refractivity contribution is -0.132. The number of amides is 1. The van der Waals surface area contributed by atoms with Gasteiger partial charge >= 0.3 is 0 Å². The summed E-state index contributed by atoms with van der Waals surface area (Å²) in [5.74, 6) is 0.114. The van der Waals surface area contributed by atoms with Crippen molar-refractivity contribution >= 4 is 28.8 Å². The predicted octanol–water partition coefficient (Wildman–Crippen LogP) is 2.52. The molecule has 1 saturated heterocycles. The molecule has 1 amide bonds. The molecule has 1 aliphatic rings. The van der Waals surface area contributed by atoms with Gasteiger partial charge in [-0.05, 0) is 38.1 Å². The normalized spacial score (nSPS) is 16.3. The first-order valence-electron chi connectivity index (χ1n) is 6.95. The Morgan fingerprint density at radius 1 is 1.50 bits per heavy atom. The van der Waals surface area contributed by atoms with E-state index in [1.807, 2.05) is 19.2 Å². The van der Waals surface area contributed by atoms with Crippen molar-refractivity contribution in [3.05, 3.63) is 21.3 Å². The number of carbonyl (C=O) groups excluding carboxylic acids is 1. The van der Waals surface area contributed by atoms with E-state index in [9.17, 15) is 4.79 Å². The third-order valence-corrected chi connectivity index (χ3v) is 4.62. The van der Waals surface area contributed by atoms with Crippen LogP contribution in [-0.4, -0.2) is 43.7 Å². The lowest BCUT2D eigenvalue weighted by atomic mass is 10.1. The molecule has 0 saturated carbocycles. The fourth-order valence-electron chi connectivity index (χ4n) is 2.22. The summed E-state index contributed by atoms with van der Waals surface area (Å²) in [6.45, 7) is 3.15. The van der Waals surface area contributed by atoms with E-state index in [4.69, 9.17) is 16.3 Å². The molecule has 0 atom stereocenters. The molecule has 2 heterocycles. The number of carbonyl (C=O) groups is 1. The lowest BCUT2D eigenvalue weighted by Crippen LogP contribution is -2.33. The van der Waals surface area contributed by atoms with Crippen LogP contribution in [0.3, 0.4) is 0 Å². The number of thiophene rings is 1. The molecule has 1 fully saturated rings. The third kappa shape index (κ3) is 5.05. The van der Waals surface area contributed by atoms with E-state index >= 15 is 0 Å². The molecule has 1 aliphatic heterocycles. The molecule has 0 spiro atoms. The van der Waals surface area contributed by atoms with Crippen LogP contribution in [0.5, 0.6) is 0 Å². The molecule has 112 valence electrons. The van der Waals surface area contributed by atoms with E-state index in [0.717, 1.165) is 35.1 Å². The van der Waals surface area contributed by atoms with Crippen LogP contribution >= 0.6 is 22.9 Å². The minimum absolute atomic E-state index is 0.114. The largest absolute Gasteiger partial charge is 0.378 e. The van der Waals surface area contributed by atoms with Crippen LogP contribution in [0.1, 0.15) is 24.1 Å². The first kappa shape index (κ1) is 15.8. The molecule has 6 heteroatoms. The molecule has 0 bridgehead atoms. The lowest BCUT2D eigenvalue weighted by Gasteiger charge is -2.23. The Kier molecular flexibility index (Phi) is 6.29. The van der Waals surface area contributed by atoms with E-state index in [1.165, 1.54) is 11.3 Å². The van der Waals surface area contributed by atoms with Gasteiger partial charge in [0.15, 0.2) is 0 Å². The summed E-state index contributed by atoms with van der Waals surface area (Å²) in [6, 6.07) is 3.82. The second kappa shape index (κ2) is 7.98. The monoisotopic (exact) mass is 316 g/mol. The molecule has 20 heavy (non-hydrogen) atoms. The van der Waals surface area contributed by atoms with Gasteiger partial charge in [0.1, 0.15) is 0 Å². The Morgan fingerprint density at radius 3 is 2.90 bits per heavy atom. The summed E-state index contributed by atoms with van der Waals surface area (Å²) < 4.78 is 6.51. The highest BCUT2D eigenvalue weighted by atomic mass is 35.5. The van der Waals surface area contributed by atoms with Crippen molar-refractivity contribution in [3.63, 3.8) is 0 Å². The summed E-state index contributed by atoms with van der Waals surface area (Å²) in [6.07, 6.45) is 2.83. The Balaban J connectivity index is 1.65. The Morgan fingerprint density at radius 2 is 2.25 bits per heavy atom. The minimum atomic E-state index is 0.114. The molecule has 0 unspecified atom stereocenters. The highest BCUT2D eigenvalue weighted by molar-refractivity contribution is 7.16. The van der Waals surface area contributed by atoms with E-state index < -0.39 is 0 Å². The number of nitrogens with zero attached hydrogens (tertiary/aromatic N) is 1. The number of ether oxygens (including phenoxy) is 1. The number of nitrogens with one attached hydrogen (secondary N) is 1. The molecule has 1 aromatic heterocycles. The van der Waals surface area contributed by atoms with Gasteiger partial charge in [0.2, 0.25) is 5.91 Å². The number of piperidine rings is 1. The van der Waals surface area contributed by atoms with Gasteiger partial charge < -0.3 is 15.0 Å². The summed E-state index contributed by atoms with van der Waals surface area (Å²) >= 11 is 7.40. The maximum atomic E-state index is 12.0. The van der Waals surface area contributed by atoms with Crippen molar-refractivity contribution in [1.29, 1.82) is 0 Å². The molecule has 1 N–H and O–H groups in total. The SMILES string of the molecule is CN(Cc1ccc(Cl)s1)C(=O)CCOC1CCNCC1. The number of hydrogen-bond acceptors (Lipinski definition) is 4. The fraction of sp³-hybridized carbons (Fsp3) is 0.643. The topological polar surface area (TPSA) is 41.6 Å². The van der Waals surface area contributed by atoms with Gasteiger partial charge in [-0.25, -0.2) is 0 Å². The summed E-state index contributed by atoms with van der Waals surface area (Å²) in [5, 5.41) is 3.30. The van der Waals surface area contributed by atoms with Gasteiger partial charge in [0.25, 0.3) is 0 Å². The van der Waals surface area contributed by atoms with Crippen molar-refractivity contribution in [2.45, 2.75) is 31.9 Å². The van der Waals surface area contributed by atoms with Crippen LogP contribution in [0.15, 0.2) is 12.1 Å². The maximum absolute atomic E-state index is 12.0. The van der Waals surface area contributed by atoms with E-state index in [0.29, 0.717) is 25.7 Å². The standard InChI is InChI=1S/C14H21ClN2O2S/c1-17(10-12-2-3-13(15)20-12)14(18)6-9-19-11-4-7-16-8-5-11/h2-3,11,16H,4-10H2,1H3. The average molecular weight is 317 g/mol. The van der Waals surface area contributed by atoms with Crippen LogP contribution in [0.2, 0.25) is 4.34 Å². The molecular weight excluding hydrogens is 296 g/mol. The van der Waals surface area contributed by atoms with Gasteiger partial charge in [-0.15, -0.1) is 11.3 Å². The summed E-state index contributed by atoms with van der Waals surface area (Å²) in [5.41, 5.74) is 0. The Bertz CT molecular complexity index is 433. The quantitative estimate of drug-likeness (QED) is 0.877. The van der Waals surface area contributed by atoms with Crippen molar-refractivity contribution < 1.29 is 9.53 Å². The molecule has 0 aliphatic carbocycles. The van der Waals surface area contributed by atoms with E-state index in [1.54, 1.807) is 4.90 Å². The Labute approximate surface area is 129 Å². The Hall–Kier alpha value is -0.620. The van der Waals surface area contributed by atoms with Crippen LogP contribution < -0.4 is 5.32 Å². The van der Waals surface area contributed by atoms with Crippen LogP contribution in [0.4, 0.5) is 0 Å². The van der Waals surface area contributed by atoms with Crippen LogP contribution in [0.25, 0.3) is 0 Å². The van der Waals surface area contributed by atoms with Crippen molar-refractivity contribution in [2.24, 2.45) is 0 Å². The van der Waals surface area contributed by atoms with Crippen LogP contribution in [-0.2, 0) is 16.1 Å². The maximum Gasteiger partial charge on any atom is 0.224 e. The third-order valence-electron chi connectivity index (χ3n) is 3.40. The molecule has 2 rings (SSSR count). The van der Waals surface area contributed by atoms with Crippen molar-refractivity contribution in [1.82, 2.24) is 10.2 Å². The van der Waals surface area contributed by atoms with Gasteiger partial charge in [-0.1, -0.05) is 11.6 Å². The van der Waals surface area contributed by atoms with E-state index in [2.05, 4.69) is 5.32 Å². The fourth-order valence-corrected chi connectivity index (χ4v) is 3.37. The number of hydrogen-bond donors (Lipinski definition) is 1. The first-order valence-corrected chi connectivity index (χ1v) is 8.15. The first-order chi connectivity index (χ1) is 9.65. The molecule has 0 radical (unpaired) electrons. The van der Waals surface area contributed by atoms with Crippen molar-refractivity contribution in [2.75, 3.05) is 26.7 Å². The van der Waals surface area contributed by atoms with E-state index in [-0.39, 0.29) is 5.91 Å². The smallest absolute Gasteiger partial charge is 0.224 e. The second-order valence-corrected chi connectivity index (χ2v) is 6.83. The summed E-state index contributed by atoms with van der Waals surface area (Å²) in [4.78, 5) is 14.8. The minimum Gasteiger partial charge on any atom is -0.378 e. The number of rotatable bonds is 6. The zero-order valence-corrected chi connectivity index (χ0v) is 13.3. The zero-order chi connectivity index (χ0) is 14.4. The average Bonchev–Trinajstić information content (AvgIpc) is 2.85. The highest BCUT2D eigenvalue weighted by Crippen LogP contribution is 2.22.